The van der Waals surface area contributed by atoms with Crippen LogP contribution in [0.25, 0.3) is 11.0 Å². The highest BCUT2D eigenvalue weighted by molar-refractivity contribution is 7.53. The number of carbonyl (C=O) groups is 2. The fraction of sp³-hybridized carbons (Fsp3) is 0.517. The lowest BCUT2D eigenvalue weighted by Gasteiger charge is -2.20. The predicted octanol–water partition coefficient (Wildman–Crippen LogP) is 4.43. The third-order valence-electron chi connectivity index (χ3n) is 6.86. The zero-order valence-electron chi connectivity index (χ0n) is 26.4. The number of rotatable bonds is 15. The van der Waals surface area contributed by atoms with Crippen molar-refractivity contribution in [3.63, 3.8) is 0 Å². The van der Waals surface area contributed by atoms with Crippen LogP contribution in [0.3, 0.4) is 0 Å². The summed E-state index contributed by atoms with van der Waals surface area (Å²) in [4.78, 5) is 27.1. The van der Waals surface area contributed by atoms with E-state index in [1.807, 2.05) is 38.1 Å². The van der Waals surface area contributed by atoms with Gasteiger partial charge in [0, 0.05) is 13.0 Å². The molecular weight excluding hydrogens is 663 g/mol. The average Bonchev–Trinajstić information content (AvgIpc) is 3.53. The first-order chi connectivity index (χ1) is 22.3. The molecule has 1 aromatic carbocycles. The van der Waals surface area contributed by atoms with Crippen molar-refractivity contribution in [2.24, 2.45) is 0 Å². The third-order valence-corrected chi connectivity index (χ3v) is 8.55. The van der Waals surface area contributed by atoms with Gasteiger partial charge in [-0.1, -0.05) is 41.4 Å². The van der Waals surface area contributed by atoms with Gasteiger partial charge in [-0.3, -0.25) is 18.4 Å². The number of halogens is 1. The predicted molar refractivity (Wildman–Crippen MR) is 166 cm³/mol. The van der Waals surface area contributed by atoms with Crippen molar-refractivity contribution in [1.29, 1.82) is 0 Å². The molecule has 258 valence electrons. The van der Waals surface area contributed by atoms with Crippen LogP contribution in [0.2, 0.25) is 5.15 Å². The van der Waals surface area contributed by atoms with Crippen LogP contribution in [0.5, 0.6) is 0 Å². The lowest BCUT2D eigenvalue weighted by Crippen LogP contribution is -2.34. The maximum atomic E-state index is 13.2. The molecule has 4 rings (SSSR count). The lowest BCUT2D eigenvalue weighted by atomic mass is 10.1. The summed E-state index contributed by atoms with van der Waals surface area (Å²) in [5.41, 5.74) is 3.14. The van der Waals surface area contributed by atoms with Crippen LogP contribution in [0.15, 0.2) is 36.5 Å². The number of nitrogens with one attached hydrogen (secondary N) is 1. The molecule has 1 saturated heterocycles. The van der Waals surface area contributed by atoms with E-state index in [1.165, 1.54) is 4.68 Å². The first kappa shape index (κ1) is 36.5. The van der Waals surface area contributed by atoms with E-state index in [0.29, 0.717) is 16.7 Å². The first-order valence-corrected chi connectivity index (χ1v) is 16.7. The SMILES string of the molecule is CC(=O)OCOP(=O)(COC[C@H]1O[C@@H](n2ncc3c(N[C@@H](C)c4ccc(C)cc4)cc(Cl)nc32)[C@H](O)[C@@H]1O)OCOC(=O)OC(C)C. The minimum absolute atomic E-state index is 0.0873. The number of aromatic nitrogens is 3. The highest BCUT2D eigenvalue weighted by Gasteiger charge is 2.45. The zero-order valence-corrected chi connectivity index (χ0v) is 28.1. The molecule has 0 amide bonds. The Balaban J connectivity index is 1.41. The van der Waals surface area contributed by atoms with E-state index < -0.39 is 70.3 Å². The summed E-state index contributed by atoms with van der Waals surface area (Å²) < 4.78 is 50.2. The van der Waals surface area contributed by atoms with Gasteiger partial charge >= 0.3 is 19.7 Å². The molecule has 1 aliphatic heterocycles. The topological polar surface area (TPSA) is 199 Å². The summed E-state index contributed by atoms with van der Waals surface area (Å²) in [6, 6.07) is 9.67. The second-order valence-electron chi connectivity index (χ2n) is 10.9. The van der Waals surface area contributed by atoms with Crippen molar-refractivity contribution in [2.45, 2.75) is 71.3 Å². The van der Waals surface area contributed by atoms with Gasteiger partial charge in [0.15, 0.2) is 11.9 Å². The van der Waals surface area contributed by atoms with Crippen LogP contribution in [0.1, 0.15) is 51.1 Å². The van der Waals surface area contributed by atoms with Gasteiger partial charge in [0.25, 0.3) is 0 Å². The molecule has 1 aliphatic rings. The van der Waals surface area contributed by atoms with E-state index in [-0.39, 0.29) is 17.8 Å². The minimum atomic E-state index is -4.18. The van der Waals surface area contributed by atoms with Crippen molar-refractivity contribution >= 4 is 48.0 Å². The van der Waals surface area contributed by atoms with Crippen LogP contribution in [0, 0.1) is 6.92 Å². The summed E-state index contributed by atoms with van der Waals surface area (Å²) in [7, 11) is -4.18. The van der Waals surface area contributed by atoms with Gasteiger partial charge < -0.3 is 39.2 Å². The largest absolute Gasteiger partial charge is 0.510 e. The number of pyridine rings is 1. The van der Waals surface area contributed by atoms with Gasteiger partial charge in [-0.15, -0.1) is 0 Å². The highest BCUT2D eigenvalue weighted by Crippen LogP contribution is 2.48. The average molecular weight is 701 g/mol. The van der Waals surface area contributed by atoms with Crippen molar-refractivity contribution in [1.82, 2.24) is 14.8 Å². The summed E-state index contributed by atoms with van der Waals surface area (Å²) in [6.45, 7) is 6.39. The molecule has 6 atom stereocenters. The molecule has 0 radical (unpaired) electrons. The number of benzene rings is 1. The maximum absolute atomic E-state index is 13.2. The molecule has 1 fully saturated rings. The molecule has 18 heteroatoms. The van der Waals surface area contributed by atoms with Gasteiger partial charge in [0.2, 0.25) is 13.6 Å². The third kappa shape index (κ3) is 9.84. The molecule has 0 aliphatic carbocycles. The van der Waals surface area contributed by atoms with Crippen LogP contribution in [0.4, 0.5) is 10.5 Å². The first-order valence-electron chi connectivity index (χ1n) is 14.6. The Kier molecular flexibility index (Phi) is 12.6. The number of hydrogen-bond acceptors (Lipinski definition) is 15. The van der Waals surface area contributed by atoms with E-state index in [2.05, 4.69) is 20.1 Å². The Hall–Kier alpha value is -3.34. The molecule has 3 heterocycles. The molecule has 1 unspecified atom stereocenters. The van der Waals surface area contributed by atoms with Gasteiger partial charge in [-0.05, 0) is 39.3 Å². The van der Waals surface area contributed by atoms with E-state index in [9.17, 15) is 24.4 Å². The number of aliphatic hydroxyl groups excluding tert-OH is 2. The number of nitrogens with zero attached hydrogens (tertiary/aromatic N) is 3. The van der Waals surface area contributed by atoms with Gasteiger partial charge in [0.1, 0.15) is 29.8 Å². The molecule has 0 spiro atoms. The fourth-order valence-electron chi connectivity index (χ4n) is 4.50. The van der Waals surface area contributed by atoms with E-state index in [4.69, 9.17) is 39.6 Å². The Labute approximate surface area is 275 Å². The number of esters is 1. The molecule has 3 N–H and O–H groups in total. The molecular formula is C29H38ClN4O12P. The number of anilines is 1. The van der Waals surface area contributed by atoms with Crippen LogP contribution in [-0.4, -0.2) is 88.1 Å². The summed E-state index contributed by atoms with van der Waals surface area (Å²) in [5, 5.41) is 30.2. The molecule has 3 aromatic rings. The van der Waals surface area contributed by atoms with E-state index in [1.54, 1.807) is 26.1 Å². The number of aliphatic hydroxyl groups is 2. The molecule has 0 bridgehead atoms. The van der Waals surface area contributed by atoms with Crippen molar-refractivity contribution < 1.29 is 57.1 Å². The van der Waals surface area contributed by atoms with Crippen LogP contribution >= 0.6 is 19.2 Å². The smallest absolute Gasteiger partial charge is 0.438 e. The normalized spacial score (nSPS) is 21.4. The number of hydrogen-bond donors (Lipinski definition) is 3. The second-order valence-corrected chi connectivity index (χ2v) is 13.3. The van der Waals surface area contributed by atoms with Gasteiger partial charge in [-0.25, -0.2) is 14.5 Å². The summed E-state index contributed by atoms with van der Waals surface area (Å²) in [5.74, 6) is -0.706. The Morgan fingerprint density at radius 2 is 1.79 bits per heavy atom. The summed E-state index contributed by atoms with van der Waals surface area (Å²) >= 11 is 6.37. The molecule has 0 saturated carbocycles. The number of aryl methyl sites for hydroxylation is 1. The Bertz CT molecular complexity index is 1570. The second kappa shape index (κ2) is 16.2. The van der Waals surface area contributed by atoms with Crippen molar-refractivity contribution in [2.75, 3.05) is 31.9 Å². The maximum Gasteiger partial charge on any atom is 0.510 e. The van der Waals surface area contributed by atoms with Gasteiger partial charge in [-0.2, -0.15) is 5.10 Å². The van der Waals surface area contributed by atoms with Crippen molar-refractivity contribution in [3.05, 3.63) is 52.8 Å². The Morgan fingerprint density at radius 1 is 1.11 bits per heavy atom. The summed E-state index contributed by atoms with van der Waals surface area (Å²) in [6.07, 6.45) is -5.93. The van der Waals surface area contributed by atoms with Crippen LogP contribution in [-0.2, 0) is 42.1 Å². The lowest BCUT2D eigenvalue weighted by molar-refractivity contribution is -0.148. The standard InChI is InChI=1S/C29H38ClN4O12P/c1-16(2)45-29(38)42-14-44-47(39,43-13-41-19(5)35)15-40-12-23-25(36)26(37)28(46-23)34-27-21(11-31-34)22(10-24(30)33-27)32-18(4)20-8-6-17(3)7-9-20/h6-11,16,18,23,25-26,28,36-37H,12-15H2,1-5H3,(H,32,33)/t18-,23+,25+,26+,28+,47?/m0/s1. The molecule has 47 heavy (non-hydrogen) atoms. The van der Waals surface area contributed by atoms with E-state index in [0.717, 1.165) is 18.1 Å². The molecule has 2 aromatic heterocycles. The zero-order chi connectivity index (χ0) is 34.3. The number of carbonyl (C=O) groups excluding carboxylic acids is 2. The molecule has 16 nitrogen and oxygen atoms in total. The monoisotopic (exact) mass is 700 g/mol. The fourth-order valence-corrected chi connectivity index (χ4v) is 5.67. The number of fused-ring (bicyclic) bond motifs is 1. The number of ether oxygens (including phenoxy) is 5. The quantitative estimate of drug-likeness (QED) is 0.0870. The highest BCUT2D eigenvalue weighted by atomic mass is 35.5. The van der Waals surface area contributed by atoms with Crippen LogP contribution < -0.4 is 5.32 Å². The van der Waals surface area contributed by atoms with E-state index >= 15 is 0 Å². The van der Waals surface area contributed by atoms with Crippen molar-refractivity contribution in [3.8, 4) is 0 Å². The Morgan fingerprint density at radius 3 is 2.45 bits per heavy atom. The van der Waals surface area contributed by atoms with Gasteiger partial charge in [0.05, 0.1) is 30.0 Å². The minimum Gasteiger partial charge on any atom is -0.438 e.